The zero-order valence-corrected chi connectivity index (χ0v) is 8.04. The summed E-state index contributed by atoms with van der Waals surface area (Å²) in [4.78, 5) is 0. The van der Waals surface area contributed by atoms with E-state index < -0.39 is 0 Å². The van der Waals surface area contributed by atoms with Crippen molar-refractivity contribution in [2.75, 3.05) is 21.0 Å². The number of hydrogen-bond donors (Lipinski definition) is 1. The van der Waals surface area contributed by atoms with Crippen molar-refractivity contribution in [2.45, 2.75) is 6.54 Å². The van der Waals surface area contributed by atoms with Gasteiger partial charge in [0.2, 0.25) is 0 Å². The van der Waals surface area contributed by atoms with Crippen molar-refractivity contribution in [1.29, 1.82) is 0 Å². The number of para-hydroxylation sites is 1. The van der Waals surface area contributed by atoms with Gasteiger partial charge in [0.1, 0.15) is 5.75 Å². The largest absolute Gasteiger partial charge is 0.467 e. The lowest BCUT2D eigenvalue weighted by Gasteiger charge is -2.09. The zero-order valence-electron chi connectivity index (χ0n) is 8.04. The average Bonchev–Trinajstić information content (AvgIpc) is 2.17. The van der Waals surface area contributed by atoms with Crippen molar-refractivity contribution in [3.63, 3.8) is 0 Å². The van der Waals surface area contributed by atoms with Crippen LogP contribution in [0.15, 0.2) is 24.3 Å². The van der Waals surface area contributed by atoms with Gasteiger partial charge in [0.15, 0.2) is 6.79 Å². The molecular weight excluding hydrogens is 166 g/mol. The predicted molar refractivity (Wildman–Crippen MR) is 51.7 cm³/mol. The van der Waals surface area contributed by atoms with E-state index in [9.17, 15) is 0 Å². The molecule has 0 saturated carbocycles. The number of hydrogen-bond acceptors (Lipinski definition) is 3. The molecule has 13 heavy (non-hydrogen) atoms. The van der Waals surface area contributed by atoms with Crippen molar-refractivity contribution in [3.05, 3.63) is 29.8 Å². The summed E-state index contributed by atoms with van der Waals surface area (Å²) in [6, 6.07) is 7.91. The Balaban J connectivity index is 2.66. The van der Waals surface area contributed by atoms with Gasteiger partial charge in [0.05, 0.1) is 0 Å². The van der Waals surface area contributed by atoms with Crippen molar-refractivity contribution in [3.8, 4) is 5.75 Å². The molecule has 0 amide bonds. The van der Waals surface area contributed by atoms with Crippen LogP contribution in [0.5, 0.6) is 5.75 Å². The van der Waals surface area contributed by atoms with Gasteiger partial charge in [-0.25, -0.2) is 0 Å². The number of methoxy groups -OCH3 is 1. The molecule has 0 unspecified atom stereocenters. The minimum Gasteiger partial charge on any atom is -0.467 e. The summed E-state index contributed by atoms with van der Waals surface area (Å²) in [5, 5.41) is 3.08. The predicted octanol–water partition coefficient (Wildman–Crippen LogP) is 1.39. The van der Waals surface area contributed by atoms with E-state index in [0.29, 0.717) is 6.79 Å². The molecule has 0 aliphatic heterocycles. The monoisotopic (exact) mass is 181 g/mol. The third-order valence-electron chi connectivity index (χ3n) is 1.67. The molecule has 0 spiro atoms. The summed E-state index contributed by atoms with van der Waals surface area (Å²) in [6.07, 6.45) is 0. The van der Waals surface area contributed by atoms with Crippen molar-refractivity contribution < 1.29 is 9.47 Å². The van der Waals surface area contributed by atoms with E-state index in [4.69, 9.17) is 9.47 Å². The standard InChI is InChI=1S/C10H15NO2/c1-11-7-9-5-3-4-6-10(9)13-8-12-2/h3-6,11H,7-8H2,1-2H3. The van der Waals surface area contributed by atoms with Crippen LogP contribution in [-0.2, 0) is 11.3 Å². The van der Waals surface area contributed by atoms with E-state index in [2.05, 4.69) is 5.32 Å². The molecule has 3 heteroatoms. The van der Waals surface area contributed by atoms with Gasteiger partial charge in [-0.05, 0) is 13.1 Å². The highest BCUT2D eigenvalue weighted by molar-refractivity contribution is 5.32. The first-order valence-electron chi connectivity index (χ1n) is 4.22. The SMILES string of the molecule is CNCc1ccccc1OCOC. The van der Waals surface area contributed by atoms with Crippen LogP contribution in [-0.4, -0.2) is 21.0 Å². The molecule has 0 aliphatic rings. The van der Waals surface area contributed by atoms with E-state index in [-0.39, 0.29) is 0 Å². The lowest BCUT2D eigenvalue weighted by molar-refractivity contribution is 0.0504. The lowest BCUT2D eigenvalue weighted by atomic mass is 10.2. The summed E-state index contributed by atoms with van der Waals surface area (Å²) < 4.78 is 10.2. The molecule has 0 aliphatic carbocycles. The maximum absolute atomic E-state index is 5.38. The first-order valence-corrected chi connectivity index (χ1v) is 4.22. The fraction of sp³-hybridized carbons (Fsp3) is 0.400. The van der Waals surface area contributed by atoms with Gasteiger partial charge in [0.25, 0.3) is 0 Å². The van der Waals surface area contributed by atoms with E-state index in [1.807, 2.05) is 31.3 Å². The highest BCUT2D eigenvalue weighted by Gasteiger charge is 2.00. The third kappa shape index (κ3) is 3.05. The van der Waals surface area contributed by atoms with Crippen LogP contribution in [0.1, 0.15) is 5.56 Å². The van der Waals surface area contributed by atoms with Crippen LogP contribution in [0.4, 0.5) is 0 Å². The van der Waals surface area contributed by atoms with Gasteiger partial charge in [-0.2, -0.15) is 0 Å². The molecule has 1 rings (SSSR count). The smallest absolute Gasteiger partial charge is 0.188 e. The molecule has 72 valence electrons. The highest BCUT2D eigenvalue weighted by atomic mass is 16.7. The molecule has 0 atom stereocenters. The van der Waals surface area contributed by atoms with E-state index in [1.54, 1.807) is 7.11 Å². The maximum Gasteiger partial charge on any atom is 0.188 e. The van der Waals surface area contributed by atoms with E-state index >= 15 is 0 Å². The third-order valence-corrected chi connectivity index (χ3v) is 1.67. The molecule has 0 bridgehead atoms. The molecule has 0 aromatic heterocycles. The van der Waals surface area contributed by atoms with Crippen molar-refractivity contribution >= 4 is 0 Å². The fourth-order valence-corrected chi connectivity index (χ4v) is 1.10. The normalized spacial score (nSPS) is 10.0. The molecule has 0 fully saturated rings. The second kappa shape index (κ2) is 5.56. The maximum atomic E-state index is 5.38. The Kier molecular flexibility index (Phi) is 4.29. The first-order chi connectivity index (χ1) is 6.38. The van der Waals surface area contributed by atoms with E-state index in [0.717, 1.165) is 17.9 Å². The topological polar surface area (TPSA) is 30.5 Å². The van der Waals surface area contributed by atoms with Crippen molar-refractivity contribution in [1.82, 2.24) is 5.32 Å². The molecule has 1 aromatic carbocycles. The second-order valence-electron chi connectivity index (χ2n) is 2.69. The number of rotatable bonds is 5. The summed E-state index contributed by atoms with van der Waals surface area (Å²) in [6.45, 7) is 1.10. The first kappa shape index (κ1) is 10.0. The Morgan fingerprint density at radius 3 is 2.77 bits per heavy atom. The van der Waals surface area contributed by atoms with Gasteiger partial charge < -0.3 is 14.8 Å². The van der Waals surface area contributed by atoms with Crippen LogP contribution < -0.4 is 10.1 Å². The Labute approximate surface area is 78.7 Å². The minimum atomic E-state index is 0.292. The van der Waals surface area contributed by atoms with Gasteiger partial charge in [-0.3, -0.25) is 0 Å². The second-order valence-corrected chi connectivity index (χ2v) is 2.69. The van der Waals surface area contributed by atoms with Crippen LogP contribution in [0.2, 0.25) is 0 Å². The number of benzene rings is 1. The molecule has 3 nitrogen and oxygen atoms in total. The molecule has 0 heterocycles. The number of ether oxygens (including phenoxy) is 2. The summed E-state index contributed by atoms with van der Waals surface area (Å²) in [5.41, 5.74) is 1.14. The van der Waals surface area contributed by atoms with Crippen molar-refractivity contribution in [2.24, 2.45) is 0 Å². The van der Waals surface area contributed by atoms with Gasteiger partial charge >= 0.3 is 0 Å². The Bertz CT molecular complexity index is 250. The zero-order chi connectivity index (χ0) is 9.52. The van der Waals surface area contributed by atoms with Crippen LogP contribution in [0.25, 0.3) is 0 Å². The molecule has 1 aromatic rings. The Morgan fingerprint density at radius 2 is 2.08 bits per heavy atom. The Hall–Kier alpha value is -1.06. The Morgan fingerprint density at radius 1 is 1.31 bits per heavy atom. The summed E-state index contributed by atoms with van der Waals surface area (Å²) >= 11 is 0. The van der Waals surface area contributed by atoms with Crippen LogP contribution in [0.3, 0.4) is 0 Å². The lowest BCUT2D eigenvalue weighted by Crippen LogP contribution is -2.08. The highest BCUT2D eigenvalue weighted by Crippen LogP contribution is 2.17. The molecule has 1 N–H and O–H groups in total. The van der Waals surface area contributed by atoms with Gasteiger partial charge in [0, 0.05) is 19.2 Å². The van der Waals surface area contributed by atoms with E-state index in [1.165, 1.54) is 0 Å². The van der Waals surface area contributed by atoms with Gasteiger partial charge in [-0.1, -0.05) is 18.2 Å². The summed E-state index contributed by atoms with van der Waals surface area (Å²) in [5.74, 6) is 0.874. The summed E-state index contributed by atoms with van der Waals surface area (Å²) in [7, 11) is 3.52. The van der Waals surface area contributed by atoms with Gasteiger partial charge in [-0.15, -0.1) is 0 Å². The number of nitrogens with one attached hydrogen (secondary N) is 1. The molecule has 0 radical (unpaired) electrons. The quantitative estimate of drug-likeness (QED) is 0.696. The average molecular weight is 181 g/mol. The molecular formula is C10H15NO2. The molecule has 0 saturated heterocycles. The van der Waals surface area contributed by atoms with Crippen LogP contribution >= 0.6 is 0 Å². The van der Waals surface area contributed by atoms with Crippen LogP contribution in [0, 0.1) is 0 Å². The minimum absolute atomic E-state index is 0.292. The fourth-order valence-electron chi connectivity index (χ4n) is 1.10.